The van der Waals surface area contributed by atoms with Crippen LogP contribution < -0.4 is 4.74 Å². The molecule has 0 fully saturated rings. The van der Waals surface area contributed by atoms with Gasteiger partial charge >= 0.3 is 6.36 Å². The van der Waals surface area contributed by atoms with E-state index in [-0.39, 0.29) is 0 Å². The van der Waals surface area contributed by atoms with Crippen LogP contribution in [0.5, 0.6) is 5.88 Å². The van der Waals surface area contributed by atoms with Crippen LogP contribution in [0.15, 0.2) is 36.7 Å². The number of hydrogen-bond acceptors (Lipinski definition) is 3. The first-order valence-electron chi connectivity index (χ1n) is 5.21. The van der Waals surface area contributed by atoms with Crippen molar-refractivity contribution in [2.24, 2.45) is 0 Å². The molecule has 19 heavy (non-hydrogen) atoms. The maximum Gasteiger partial charge on any atom is 0.574 e. The van der Waals surface area contributed by atoms with E-state index in [2.05, 4.69) is 30.6 Å². The molecule has 7 heteroatoms. The van der Waals surface area contributed by atoms with Gasteiger partial charge in [-0.2, -0.15) is 0 Å². The number of alkyl halides is 4. The van der Waals surface area contributed by atoms with E-state index in [4.69, 9.17) is 0 Å². The quantitative estimate of drug-likeness (QED) is 0.798. The molecule has 2 aromatic rings. The molecule has 1 aromatic carbocycles. The van der Waals surface area contributed by atoms with Crippen molar-refractivity contribution in [3.05, 3.63) is 42.2 Å². The summed E-state index contributed by atoms with van der Waals surface area (Å²) >= 11 is 3.32. The fourth-order valence-electron chi connectivity index (χ4n) is 1.40. The number of halogens is 4. The molecule has 0 amide bonds. The maximum absolute atomic E-state index is 12.0. The molecule has 0 atom stereocenters. The zero-order valence-corrected chi connectivity index (χ0v) is 11.1. The summed E-state index contributed by atoms with van der Waals surface area (Å²) < 4.78 is 39.5. The third-order valence-electron chi connectivity index (χ3n) is 2.25. The summed E-state index contributed by atoms with van der Waals surface area (Å²) in [5.74, 6) is -0.576. The van der Waals surface area contributed by atoms with E-state index in [1.807, 2.05) is 24.3 Å². The maximum atomic E-state index is 12.0. The van der Waals surface area contributed by atoms with E-state index >= 15 is 0 Å². The van der Waals surface area contributed by atoms with Crippen molar-refractivity contribution >= 4 is 15.9 Å². The molecule has 1 heterocycles. The lowest BCUT2D eigenvalue weighted by Crippen LogP contribution is -2.18. The first-order chi connectivity index (χ1) is 8.98. The molecular weight excluding hydrogens is 325 g/mol. The molecule has 100 valence electrons. The number of hydrogen-bond donors (Lipinski definition) is 0. The number of rotatable bonds is 3. The van der Waals surface area contributed by atoms with Gasteiger partial charge in [0.15, 0.2) is 0 Å². The van der Waals surface area contributed by atoms with Gasteiger partial charge in [-0.25, -0.2) is 9.97 Å². The fourth-order valence-corrected chi connectivity index (χ4v) is 1.77. The van der Waals surface area contributed by atoms with Gasteiger partial charge in [0.1, 0.15) is 0 Å². The lowest BCUT2D eigenvalue weighted by atomic mass is 10.1. The van der Waals surface area contributed by atoms with E-state index in [0.29, 0.717) is 5.69 Å². The second-order valence-corrected chi connectivity index (χ2v) is 4.18. The Morgan fingerprint density at radius 3 is 2.21 bits per heavy atom. The molecule has 0 aliphatic carbocycles. The van der Waals surface area contributed by atoms with Crippen LogP contribution in [0.3, 0.4) is 0 Å². The zero-order chi connectivity index (χ0) is 13.9. The third-order valence-corrected chi connectivity index (χ3v) is 2.90. The van der Waals surface area contributed by atoms with Crippen molar-refractivity contribution in [2.45, 2.75) is 11.7 Å². The third kappa shape index (κ3) is 3.92. The van der Waals surface area contributed by atoms with Gasteiger partial charge in [-0.05, 0) is 5.56 Å². The Balaban J connectivity index is 2.17. The van der Waals surface area contributed by atoms with Gasteiger partial charge < -0.3 is 4.74 Å². The minimum absolute atomic E-state index is 0.482. The van der Waals surface area contributed by atoms with Gasteiger partial charge in [-0.15, -0.1) is 13.2 Å². The summed E-state index contributed by atoms with van der Waals surface area (Å²) in [5.41, 5.74) is 2.35. The summed E-state index contributed by atoms with van der Waals surface area (Å²) in [7, 11) is 0. The minimum atomic E-state index is -4.76. The van der Waals surface area contributed by atoms with Crippen LogP contribution in [0.1, 0.15) is 5.56 Å². The van der Waals surface area contributed by atoms with Gasteiger partial charge in [0, 0.05) is 10.9 Å². The largest absolute Gasteiger partial charge is 0.574 e. The van der Waals surface area contributed by atoms with Gasteiger partial charge in [0.2, 0.25) is 5.88 Å². The number of aromatic nitrogens is 2. The molecule has 0 spiro atoms. The molecule has 1 aromatic heterocycles. The Labute approximate surface area is 115 Å². The van der Waals surface area contributed by atoms with Crippen molar-refractivity contribution in [1.29, 1.82) is 0 Å². The van der Waals surface area contributed by atoms with Crippen LogP contribution in [-0.2, 0) is 5.33 Å². The molecule has 0 saturated heterocycles. The van der Waals surface area contributed by atoms with Crippen LogP contribution in [0, 0.1) is 0 Å². The average Bonchev–Trinajstić information content (AvgIpc) is 2.38. The number of ether oxygens (including phenoxy) is 1. The number of benzene rings is 1. The summed E-state index contributed by atoms with van der Waals surface area (Å²) in [4.78, 5) is 7.46. The highest BCUT2D eigenvalue weighted by Crippen LogP contribution is 2.22. The van der Waals surface area contributed by atoms with Crippen molar-refractivity contribution in [3.8, 4) is 17.1 Å². The fraction of sp³-hybridized carbons (Fsp3) is 0.167. The standard InChI is InChI=1S/C12H8BrF3N2O/c13-5-8-1-3-9(4-2-8)10-6-18-11(7-17-10)19-12(14,15)16/h1-4,6-7H,5H2. The van der Waals surface area contributed by atoms with E-state index in [9.17, 15) is 13.2 Å². The van der Waals surface area contributed by atoms with E-state index in [1.54, 1.807) is 0 Å². The Hall–Kier alpha value is -1.63. The van der Waals surface area contributed by atoms with Crippen LogP contribution in [0.2, 0.25) is 0 Å². The van der Waals surface area contributed by atoms with Gasteiger partial charge in [-0.3, -0.25) is 0 Å². The lowest BCUT2D eigenvalue weighted by molar-refractivity contribution is -0.276. The summed E-state index contributed by atoms with van der Waals surface area (Å²) in [6, 6.07) is 7.44. The van der Waals surface area contributed by atoms with Crippen LogP contribution in [-0.4, -0.2) is 16.3 Å². The highest BCUT2D eigenvalue weighted by molar-refractivity contribution is 9.08. The molecule has 0 unspecified atom stereocenters. The first-order valence-corrected chi connectivity index (χ1v) is 6.33. The topological polar surface area (TPSA) is 35.0 Å². The zero-order valence-electron chi connectivity index (χ0n) is 9.49. The summed E-state index contributed by atoms with van der Waals surface area (Å²) in [6.45, 7) is 0. The van der Waals surface area contributed by atoms with Gasteiger partial charge in [0.05, 0.1) is 18.1 Å². The Morgan fingerprint density at radius 1 is 1.05 bits per heavy atom. The smallest absolute Gasteiger partial charge is 0.386 e. The SMILES string of the molecule is FC(F)(F)Oc1cnc(-c2ccc(CBr)cc2)cn1. The van der Waals surface area contributed by atoms with E-state index in [0.717, 1.165) is 22.7 Å². The monoisotopic (exact) mass is 332 g/mol. The normalized spacial score (nSPS) is 11.4. The number of nitrogens with zero attached hydrogens (tertiary/aromatic N) is 2. The van der Waals surface area contributed by atoms with Crippen molar-refractivity contribution < 1.29 is 17.9 Å². The Morgan fingerprint density at radius 2 is 1.74 bits per heavy atom. The Bertz CT molecular complexity index is 540. The van der Waals surface area contributed by atoms with Crippen LogP contribution >= 0.6 is 15.9 Å². The molecule has 2 rings (SSSR count). The van der Waals surface area contributed by atoms with Crippen molar-refractivity contribution in [3.63, 3.8) is 0 Å². The highest BCUT2D eigenvalue weighted by atomic mass is 79.9. The molecule has 0 bridgehead atoms. The first kappa shape index (κ1) is 13.8. The highest BCUT2D eigenvalue weighted by Gasteiger charge is 2.31. The molecule has 3 nitrogen and oxygen atoms in total. The summed E-state index contributed by atoms with van der Waals surface area (Å²) in [5, 5.41) is 0.733. The van der Waals surface area contributed by atoms with Crippen LogP contribution in [0.4, 0.5) is 13.2 Å². The minimum Gasteiger partial charge on any atom is -0.386 e. The van der Waals surface area contributed by atoms with E-state index in [1.165, 1.54) is 6.20 Å². The molecule has 0 radical (unpaired) electrons. The summed E-state index contributed by atoms with van der Waals surface area (Å²) in [6.07, 6.45) is -2.57. The van der Waals surface area contributed by atoms with Crippen molar-refractivity contribution in [2.75, 3.05) is 0 Å². The molecule has 0 aliphatic rings. The second-order valence-electron chi connectivity index (χ2n) is 3.62. The average molecular weight is 333 g/mol. The second kappa shape index (κ2) is 5.56. The van der Waals surface area contributed by atoms with Gasteiger partial charge in [0.25, 0.3) is 0 Å². The lowest BCUT2D eigenvalue weighted by Gasteiger charge is -2.07. The molecule has 0 aliphatic heterocycles. The van der Waals surface area contributed by atoms with Crippen molar-refractivity contribution in [1.82, 2.24) is 9.97 Å². The molecule has 0 N–H and O–H groups in total. The van der Waals surface area contributed by atoms with E-state index < -0.39 is 12.2 Å². The molecular formula is C12H8BrF3N2O. The predicted octanol–water partition coefficient (Wildman–Crippen LogP) is 3.94. The van der Waals surface area contributed by atoms with Gasteiger partial charge in [-0.1, -0.05) is 40.2 Å². The Kier molecular flexibility index (Phi) is 4.04. The van der Waals surface area contributed by atoms with Crippen LogP contribution in [0.25, 0.3) is 11.3 Å². The molecule has 0 saturated carbocycles. The predicted molar refractivity (Wildman–Crippen MR) is 66.8 cm³/mol.